The van der Waals surface area contributed by atoms with Gasteiger partial charge in [0.25, 0.3) is 5.91 Å². The average Bonchev–Trinajstić information content (AvgIpc) is 3.06. The highest BCUT2D eigenvalue weighted by molar-refractivity contribution is 5.91. The Morgan fingerprint density at radius 3 is 2.33 bits per heavy atom. The smallest absolute Gasteiger partial charge is 0.287 e. The molecule has 1 aromatic heterocycles. The second kappa shape index (κ2) is 7.64. The van der Waals surface area contributed by atoms with Crippen LogP contribution in [-0.2, 0) is 13.1 Å². The lowest BCUT2D eigenvalue weighted by Gasteiger charge is -2.18. The molecule has 1 N–H and O–H groups in total. The second-order valence-electron chi connectivity index (χ2n) is 4.94. The van der Waals surface area contributed by atoms with E-state index in [1.807, 2.05) is 0 Å². The van der Waals surface area contributed by atoms with Crippen molar-refractivity contribution in [1.29, 1.82) is 0 Å². The van der Waals surface area contributed by atoms with E-state index in [0.29, 0.717) is 12.3 Å². The molecule has 0 atom stereocenters. The first-order valence-electron chi connectivity index (χ1n) is 7.34. The van der Waals surface area contributed by atoms with Crippen LogP contribution in [0.1, 0.15) is 35.5 Å². The number of benzene rings is 1. The van der Waals surface area contributed by atoms with Gasteiger partial charge in [0, 0.05) is 13.1 Å². The largest absolute Gasteiger partial charge is 0.459 e. The topological polar surface area (TPSA) is 45.5 Å². The van der Waals surface area contributed by atoms with Crippen molar-refractivity contribution in [3.8, 4) is 0 Å². The lowest BCUT2D eigenvalue weighted by molar-refractivity contribution is 0.0923. The fraction of sp³-hybridized carbons (Fsp3) is 0.353. The Morgan fingerprint density at radius 2 is 1.76 bits per heavy atom. The third-order valence-corrected chi connectivity index (χ3v) is 3.52. The number of carbonyl (C=O) groups is 1. The van der Waals surface area contributed by atoms with Gasteiger partial charge in [0.15, 0.2) is 5.76 Å². The third kappa shape index (κ3) is 4.46. The number of hydrogen-bond acceptors (Lipinski definition) is 3. The first-order valence-corrected chi connectivity index (χ1v) is 7.34. The van der Waals surface area contributed by atoms with Crippen molar-refractivity contribution in [2.45, 2.75) is 26.9 Å². The first-order chi connectivity index (χ1) is 10.2. The standard InChI is InChI=1S/C17H22N2O2/c1-3-19(4-2)13-15-9-7-14(8-10-15)12-18-17(20)16-6-5-11-21-16/h5-11H,3-4,12-13H2,1-2H3,(H,18,20). The van der Waals surface area contributed by atoms with Crippen molar-refractivity contribution < 1.29 is 9.21 Å². The van der Waals surface area contributed by atoms with Crippen LogP contribution in [0.5, 0.6) is 0 Å². The molecule has 112 valence electrons. The predicted octanol–water partition coefficient (Wildman–Crippen LogP) is 3.05. The minimum absolute atomic E-state index is 0.188. The van der Waals surface area contributed by atoms with E-state index in [1.165, 1.54) is 11.8 Å². The van der Waals surface area contributed by atoms with E-state index in [4.69, 9.17) is 4.42 Å². The van der Waals surface area contributed by atoms with Gasteiger partial charge in [-0.15, -0.1) is 0 Å². The Bertz CT molecular complexity index is 543. The van der Waals surface area contributed by atoms with Crippen molar-refractivity contribution >= 4 is 5.91 Å². The number of carbonyl (C=O) groups excluding carboxylic acids is 1. The Hall–Kier alpha value is -2.07. The summed E-state index contributed by atoms with van der Waals surface area (Å²) in [6, 6.07) is 11.7. The van der Waals surface area contributed by atoms with Gasteiger partial charge in [-0.3, -0.25) is 9.69 Å². The summed E-state index contributed by atoms with van der Waals surface area (Å²) >= 11 is 0. The molecule has 0 spiro atoms. The lowest BCUT2D eigenvalue weighted by atomic mass is 10.1. The van der Waals surface area contributed by atoms with Crippen LogP contribution in [0.4, 0.5) is 0 Å². The van der Waals surface area contributed by atoms with Crippen LogP contribution >= 0.6 is 0 Å². The quantitative estimate of drug-likeness (QED) is 0.851. The Morgan fingerprint density at radius 1 is 1.10 bits per heavy atom. The highest BCUT2D eigenvalue weighted by Crippen LogP contribution is 2.08. The van der Waals surface area contributed by atoms with Crippen molar-refractivity contribution in [3.05, 3.63) is 59.5 Å². The molecule has 1 aromatic carbocycles. The maximum absolute atomic E-state index is 11.8. The number of nitrogens with zero attached hydrogens (tertiary/aromatic N) is 1. The van der Waals surface area contributed by atoms with Gasteiger partial charge < -0.3 is 9.73 Å². The van der Waals surface area contributed by atoms with Gasteiger partial charge in [0.05, 0.1) is 6.26 Å². The van der Waals surface area contributed by atoms with E-state index >= 15 is 0 Å². The van der Waals surface area contributed by atoms with Gasteiger partial charge in [0.2, 0.25) is 0 Å². The summed E-state index contributed by atoms with van der Waals surface area (Å²) in [6.45, 7) is 7.91. The second-order valence-corrected chi connectivity index (χ2v) is 4.94. The molecule has 4 heteroatoms. The van der Waals surface area contributed by atoms with Crippen molar-refractivity contribution in [2.75, 3.05) is 13.1 Å². The van der Waals surface area contributed by atoms with E-state index in [-0.39, 0.29) is 5.91 Å². The Balaban J connectivity index is 1.86. The average molecular weight is 286 g/mol. The van der Waals surface area contributed by atoms with Gasteiger partial charge in [-0.1, -0.05) is 38.1 Å². The molecule has 4 nitrogen and oxygen atoms in total. The normalized spacial score (nSPS) is 10.8. The lowest BCUT2D eigenvalue weighted by Crippen LogP contribution is -2.23. The predicted molar refractivity (Wildman–Crippen MR) is 82.9 cm³/mol. The molecule has 0 aliphatic carbocycles. The number of hydrogen-bond donors (Lipinski definition) is 1. The SMILES string of the molecule is CCN(CC)Cc1ccc(CNC(=O)c2ccco2)cc1. The summed E-state index contributed by atoms with van der Waals surface area (Å²) in [4.78, 5) is 14.1. The molecule has 1 heterocycles. The minimum Gasteiger partial charge on any atom is -0.459 e. The van der Waals surface area contributed by atoms with E-state index in [1.54, 1.807) is 12.1 Å². The number of amides is 1. The summed E-state index contributed by atoms with van der Waals surface area (Å²) in [5, 5.41) is 2.84. The monoisotopic (exact) mass is 286 g/mol. The molecule has 0 saturated carbocycles. The van der Waals surface area contributed by atoms with Crippen LogP contribution in [0.15, 0.2) is 47.1 Å². The van der Waals surface area contributed by atoms with Crippen LogP contribution in [0.3, 0.4) is 0 Å². The van der Waals surface area contributed by atoms with E-state index in [2.05, 4.69) is 48.3 Å². The molecule has 0 radical (unpaired) electrons. The zero-order chi connectivity index (χ0) is 15.1. The van der Waals surface area contributed by atoms with Crippen molar-refractivity contribution in [3.63, 3.8) is 0 Å². The zero-order valence-electron chi connectivity index (χ0n) is 12.6. The maximum atomic E-state index is 11.8. The third-order valence-electron chi connectivity index (χ3n) is 3.52. The molecule has 0 aliphatic rings. The molecule has 2 rings (SSSR count). The van der Waals surface area contributed by atoms with Gasteiger partial charge in [0.1, 0.15) is 0 Å². The molecule has 1 amide bonds. The molecule has 0 unspecified atom stereocenters. The van der Waals surface area contributed by atoms with E-state index < -0.39 is 0 Å². The summed E-state index contributed by atoms with van der Waals surface area (Å²) in [5.41, 5.74) is 2.37. The molecule has 2 aromatic rings. The van der Waals surface area contributed by atoms with Crippen LogP contribution in [0, 0.1) is 0 Å². The number of nitrogens with one attached hydrogen (secondary N) is 1. The first kappa shape index (κ1) is 15.3. The minimum atomic E-state index is -0.188. The highest BCUT2D eigenvalue weighted by atomic mass is 16.3. The summed E-state index contributed by atoms with van der Waals surface area (Å²) in [7, 11) is 0. The summed E-state index contributed by atoms with van der Waals surface area (Å²) in [5.74, 6) is 0.153. The van der Waals surface area contributed by atoms with Gasteiger partial charge in [-0.05, 0) is 36.3 Å². The van der Waals surface area contributed by atoms with E-state index in [9.17, 15) is 4.79 Å². The van der Waals surface area contributed by atoms with Crippen LogP contribution in [0.2, 0.25) is 0 Å². The van der Waals surface area contributed by atoms with Gasteiger partial charge >= 0.3 is 0 Å². The van der Waals surface area contributed by atoms with Crippen LogP contribution in [0.25, 0.3) is 0 Å². The van der Waals surface area contributed by atoms with Gasteiger partial charge in [-0.25, -0.2) is 0 Å². The molecule has 21 heavy (non-hydrogen) atoms. The fourth-order valence-corrected chi connectivity index (χ4v) is 2.15. The van der Waals surface area contributed by atoms with Crippen LogP contribution < -0.4 is 5.32 Å². The molecule has 0 saturated heterocycles. The Kier molecular flexibility index (Phi) is 5.58. The zero-order valence-corrected chi connectivity index (χ0v) is 12.6. The molecule has 0 bridgehead atoms. The van der Waals surface area contributed by atoms with Gasteiger partial charge in [-0.2, -0.15) is 0 Å². The molecular weight excluding hydrogens is 264 g/mol. The number of rotatable bonds is 7. The van der Waals surface area contributed by atoms with E-state index in [0.717, 1.165) is 25.2 Å². The summed E-state index contributed by atoms with van der Waals surface area (Å²) in [6.07, 6.45) is 1.50. The summed E-state index contributed by atoms with van der Waals surface area (Å²) < 4.78 is 5.05. The highest BCUT2D eigenvalue weighted by Gasteiger charge is 2.07. The Labute approximate surface area is 125 Å². The molecule has 0 fully saturated rings. The fourth-order valence-electron chi connectivity index (χ4n) is 2.15. The molecule has 0 aliphatic heterocycles. The number of furan rings is 1. The maximum Gasteiger partial charge on any atom is 0.287 e. The molecular formula is C17H22N2O2. The van der Waals surface area contributed by atoms with Crippen molar-refractivity contribution in [2.24, 2.45) is 0 Å². The van der Waals surface area contributed by atoms with Crippen LogP contribution in [-0.4, -0.2) is 23.9 Å². The van der Waals surface area contributed by atoms with Crippen molar-refractivity contribution in [1.82, 2.24) is 10.2 Å².